The first-order valence-electron chi connectivity index (χ1n) is 5.52. The lowest BCUT2D eigenvalue weighted by Crippen LogP contribution is -2.26. The third-order valence-corrected chi connectivity index (χ3v) is 3.59. The topological polar surface area (TPSA) is 67.1 Å². The molecule has 0 radical (unpaired) electrons. The summed E-state index contributed by atoms with van der Waals surface area (Å²) in [7, 11) is 2.06. The van der Waals surface area contributed by atoms with Crippen LogP contribution in [0.4, 0.5) is 5.82 Å². The van der Waals surface area contributed by atoms with Crippen molar-refractivity contribution in [1.29, 1.82) is 0 Å². The van der Waals surface area contributed by atoms with E-state index >= 15 is 0 Å². The fourth-order valence-corrected chi connectivity index (χ4v) is 2.27. The quantitative estimate of drug-likeness (QED) is 0.641. The Kier molecular flexibility index (Phi) is 3.56. The van der Waals surface area contributed by atoms with Crippen LogP contribution in [-0.2, 0) is 6.54 Å². The number of nitrogen functional groups attached to an aromatic ring is 1. The summed E-state index contributed by atoms with van der Waals surface area (Å²) in [6.07, 6.45) is 0. The van der Waals surface area contributed by atoms with Crippen LogP contribution in [-0.4, -0.2) is 28.0 Å². The molecule has 0 bridgehead atoms. The van der Waals surface area contributed by atoms with Crippen molar-refractivity contribution in [2.45, 2.75) is 26.4 Å². The Bertz CT molecular complexity index is 508. The van der Waals surface area contributed by atoms with Crippen LogP contribution in [0.3, 0.4) is 0 Å². The summed E-state index contributed by atoms with van der Waals surface area (Å²) in [6, 6.07) is 2.44. The number of fused-ring (bicyclic) bond motifs is 1. The zero-order chi connectivity index (χ0) is 12.4. The van der Waals surface area contributed by atoms with Gasteiger partial charge in [-0.05, 0) is 32.3 Å². The van der Waals surface area contributed by atoms with E-state index in [4.69, 9.17) is 5.84 Å². The van der Waals surface area contributed by atoms with Crippen LogP contribution in [0.15, 0.2) is 11.4 Å². The van der Waals surface area contributed by atoms with Gasteiger partial charge in [0.15, 0.2) is 5.82 Å². The van der Waals surface area contributed by atoms with Crippen molar-refractivity contribution < 1.29 is 0 Å². The Morgan fingerprint density at radius 2 is 2.24 bits per heavy atom. The summed E-state index contributed by atoms with van der Waals surface area (Å²) >= 11 is 1.60. The smallest absolute Gasteiger partial charge is 0.152 e. The standard InChI is InChI=1S/C11H17N5S/c1-7(2)16(3)6-9-13-10(15-12)8-4-5-17-11(8)14-9/h4-5,7H,6,12H2,1-3H3,(H,13,14,15). The molecule has 2 aromatic heterocycles. The molecule has 0 aromatic carbocycles. The maximum atomic E-state index is 5.49. The first-order chi connectivity index (χ1) is 8.11. The van der Waals surface area contributed by atoms with Crippen LogP contribution in [0.25, 0.3) is 10.2 Å². The van der Waals surface area contributed by atoms with Crippen molar-refractivity contribution in [2.75, 3.05) is 12.5 Å². The fraction of sp³-hybridized carbons (Fsp3) is 0.455. The van der Waals surface area contributed by atoms with E-state index in [1.807, 2.05) is 11.4 Å². The summed E-state index contributed by atoms with van der Waals surface area (Å²) in [5.41, 5.74) is 2.64. The highest BCUT2D eigenvalue weighted by Gasteiger charge is 2.11. The van der Waals surface area contributed by atoms with Crippen LogP contribution >= 0.6 is 11.3 Å². The number of hydrazine groups is 1. The van der Waals surface area contributed by atoms with Gasteiger partial charge in [-0.3, -0.25) is 4.90 Å². The lowest BCUT2D eigenvalue weighted by Gasteiger charge is -2.20. The molecule has 0 atom stereocenters. The van der Waals surface area contributed by atoms with E-state index < -0.39 is 0 Å². The highest BCUT2D eigenvalue weighted by molar-refractivity contribution is 7.16. The van der Waals surface area contributed by atoms with E-state index in [2.05, 4.69) is 41.2 Å². The molecule has 2 heterocycles. The number of nitrogens with two attached hydrogens (primary N) is 1. The van der Waals surface area contributed by atoms with E-state index in [0.29, 0.717) is 11.9 Å². The van der Waals surface area contributed by atoms with Gasteiger partial charge in [0.25, 0.3) is 0 Å². The van der Waals surface area contributed by atoms with Crippen LogP contribution in [0, 0.1) is 0 Å². The molecule has 0 aliphatic heterocycles. The van der Waals surface area contributed by atoms with Gasteiger partial charge in [0.1, 0.15) is 10.7 Å². The molecule has 2 aromatic rings. The Hall–Kier alpha value is -1.24. The van der Waals surface area contributed by atoms with Crippen molar-refractivity contribution in [3.63, 3.8) is 0 Å². The predicted octanol–water partition coefficient (Wildman–Crippen LogP) is 1.82. The average molecular weight is 251 g/mol. The second-order valence-electron chi connectivity index (χ2n) is 4.28. The van der Waals surface area contributed by atoms with Crippen LogP contribution in [0.5, 0.6) is 0 Å². The minimum atomic E-state index is 0.465. The van der Waals surface area contributed by atoms with E-state index in [1.165, 1.54) is 0 Å². The van der Waals surface area contributed by atoms with Gasteiger partial charge < -0.3 is 5.43 Å². The number of thiophene rings is 1. The third kappa shape index (κ3) is 2.54. The van der Waals surface area contributed by atoms with Crippen molar-refractivity contribution in [1.82, 2.24) is 14.9 Å². The average Bonchev–Trinajstić information content (AvgIpc) is 2.75. The highest BCUT2D eigenvalue weighted by Crippen LogP contribution is 2.24. The van der Waals surface area contributed by atoms with Crippen LogP contribution < -0.4 is 11.3 Å². The largest absolute Gasteiger partial charge is 0.308 e. The molecule has 2 rings (SSSR count). The normalized spacial score (nSPS) is 11.6. The van der Waals surface area contributed by atoms with E-state index in [9.17, 15) is 0 Å². The third-order valence-electron chi connectivity index (χ3n) is 2.78. The van der Waals surface area contributed by atoms with Crippen LogP contribution in [0.1, 0.15) is 19.7 Å². The van der Waals surface area contributed by atoms with Gasteiger partial charge in [-0.1, -0.05) is 0 Å². The Morgan fingerprint density at radius 1 is 1.47 bits per heavy atom. The highest BCUT2D eigenvalue weighted by atomic mass is 32.1. The van der Waals surface area contributed by atoms with Crippen LogP contribution in [0.2, 0.25) is 0 Å². The molecule has 17 heavy (non-hydrogen) atoms. The molecule has 0 unspecified atom stereocenters. The number of nitrogens with zero attached hydrogens (tertiary/aromatic N) is 3. The summed E-state index contributed by atoms with van der Waals surface area (Å²) < 4.78 is 0. The molecule has 6 heteroatoms. The SMILES string of the molecule is CC(C)N(C)Cc1nc(NN)c2ccsc2n1. The van der Waals surface area contributed by atoms with E-state index in [0.717, 1.165) is 22.6 Å². The predicted molar refractivity (Wildman–Crippen MR) is 71.8 cm³/mol. The zero-order valence-electron chi connectivity index (χ0n) is 10.3. The van der Waals surface area contributed by atoms with Crippen molar-refractivity contribution in [2.24, 2.45) is 5.84 Å². The second-order valence-corrected chi connectivity index (χ2v) is 5.18. The lowest BCUT2D eigenvalue weighted by molar-refractivity contribution is 0.259. The number of hydrogen-bond donors (Lipinski definition) is 2. The summed E-state index contributed by atoms with van der Waals surface area (Å²) in [6.45, 7) is 5.01. The zero-order valence-corrected chi connectivity index (χ0v) is 11.1. The molecule has 0 aliphatic rings. The van der Waals surface area contributed by atoms with E-state index in [1.54, 1.807) is 11.3 Å². The number of hydrogen-bond acceptors (Lipinski definition) is 6. The number of aromatic nitrogens is 2. The van der Waals surface area contributed by atoms with Gasteiger partial charge in [-0.25, -0.2) is 15.8 Å². The maximum absolute atomic E-state index is 5.49. The minimum absolute atomic E-state index is 0.465. The molecule has 0 saturated carbocycles. The second kappa shape index (κ2) is 4.95. The molecular weight excluding hydrogens is 234 g/mol. The molecule has 3 N–H and O–H groups in total. The molecule has 0 aliphatic carbocycles. The van der Waals surface area contributed by atoms with Gasteiger partial charge in [-0.15, -0.1) is 11.3 Å². The lowest BCUT2D eigenvalue weighted by atomic mass is 10.3. The molecule has 0 spiro atoms. The summed E-state index contributed by atoms with van der Waals surface area (Å²) in [5, 5.41) is 2.98. The molecule has 0 saturated heterocycles. The molecule has 92 valence electrons. The first-order valence-corrected chi connectivity index (χ1v) is 6.40. The maximum Gasteiger partial charge on any atom is 0.152 e. The molecule has 5 nitrogen and oxygen atoms in total. The van der Waals surface area contributed by atoms with Gasteiger partial charge >= 0.3 is 0 Å². The van der Waals surface area contributed by atoms with Gasteiger partial charge in [-0.2, -0.15) is 0 Å². The Balaban J connectivity index is 2.35. The molecule has 0 fully saturated rings. The minimum Gasteiger partial charge on any atom is -0.308 e. The fourth-order valence-electron chi connectivity index (χ4n) is 1.49. The Labute approximate surface area is 105 Å². The van der Waals surface area contributed by atoms with Gasteiger partial charge in [0, 0.05) is 6.04 Å². The number of anilines is 1. The summed E-state index contributed by atoms with van der Waals surface area (Å²) in [5.74, 6) is 6.98. The van der Waals surface area contributed by atoms with Crippen molar-refractivity contribution in [3.05, 3.63) is 17.3 Å². The number of rotatable bonds is 4. The summed E-state index contributed by atoms with van der Waals surface area (Å²) in [4.78, 5) is 12.1. The van der Waals surface area contributed by atoms with E-state index in [-0.39, 0.29) is 0 Å². The number of nitrogens with one attached hydrogen (secondary N) is 1. The van der Waals surface area contributed by atoms with Gasteiger partial charge in [0.05, 0.1) is 11.9 Å². The molecular formula is C11H17N5S. The monoisotopic (exact) mass is 251 g/mol. The Morgan fingerprint density at radius 3 is 2.88 bits per heavy atom. The first kappa shape index (κ1) is 12.2. The van der Waals surface area contributed by atoms with Gasteiger partial charge in [0.2, 0.25) is 0 Å². The van der Waals surface area contributed by atoms with Crippen molar-refractivity contribution in [3.8, 4) is 0 Å². The molecule has 0 amide bonds. The van der Waals surface area contributed by atoms with Crippen molar-refractivity contribution >= 4 is 27.4 Å².